The first-order chi connectivity index (χ1) is 13.8. The zero-order valence-corrected chi connectivity index (χ0v) is 16.5. The molecule has 8 nitrogen and oxygen atoms in total. The smallest absolute Gasteiger partial charge is 0.337 e. The molecule has 0 spiro atoms. The van der Waals surface area contributed by atoms with Gasteiger partial charge in [0.15, 0.2) is 0 Å². The lowest BCUT2D eigenvalue weighted by molar-refractivity contribution is -0.131. The Morgan fingerprint density at radius 2 is 1.76 bits per heavy atom. The zero-order valence-electron chi connectivity index (χ0n) is 15.7. The molecule has 1 unspecified atom stereocenters. The third-order valence-corrected chi connectivity index (χ3v) is 6.37. The second kappa shape index (κ2) is 8.44. The summed E-state index contributed by atoms with van der Waals surface area (Å²) in [5.41, 5.74) is 1.04. The first kappa shape index (κ1) is 20.5. The molecule has 2 aromatic rings. The molecular formula is C20H20N2O6S. The van der Waals surface area contributed by atoms with Crippen molar-refractivity contribution in [2.45, 2.75) is 11.3 Å². The van der Waals surface area contributed by atoms with Crippen molar-refractivity contribution < 1.29 is 27.5 Å². The quantitative estimate of drug-likeness (QED) is 0.728. The number of sulfonamides is 1. The molecule has 1 atom stereocenters. The molecule has 0 saturated carbocycles. The van der Waals surface area contributed by atoms with Crippen LogP contribution in [0.4, 0.5) is 0 Å². The largest absolute Gasteiger partial charge is 0.465 e. The van der Waals surface area contributed by atoms with E-state index in [4.69, 9.17) is 0 Å². The fraction of sp³-hybridized carbons (Fsp3) is 0.250. The molecule has 1 aliphatic heterocycles. The van der Waals surface area contributed by atoms with Crippen LogP contribution in [0.25, 0.3) is 0 Å². The summed E-state index contributed by atoms with van der Waals surface area (Å²) in [6, 6.07) is 14.2. The second-order valence-corrected chi connectivity index (χ2v) is 8.42. The Bertz CT molecular complexity index is 1020. The van der Waals surface area contributed by atoms with Gasteiger partial charge in [-0.3, -0.25) is 9.59 Å². The van der Waals surface area contributed by atoms with E-state index < -0.39 is 40.3 Å². The fourth-order valence-electron chi connectivity index (χ4n) is 3.06. The van der Waals surface area contributed by atoms with E-state index in [2.05, 4.69) is 10.1 Å². The summed E-state index contributed by atoms with van der Waals surface area (Å²) < 4.78 is 31.3. The molecule has 2 aromatic carbocycles. The number of nitrogens with one attached hydrogen (secondary N) is 1. The van der Waals surface area contributed by atoms with E-state index in [0.29, 0.717) is 10.7 Å². The van der Waals surface area contributed by atoms with Crippen LogP contribution >= 0.6 is 0 Å². The molecule has 9 heteroatoms. The van der Waals surface area contributed by atoms with Gasteiger partial charge in [0, 0.05) is 6.54 Å². The number of hydrogen-bond donors (Lipinski definition) is 1. The van der Waals surface area contributed by atoms with Crippen molar-refractivity contribution in [1.29, 1.82) is 0 Å². The summed E-state index contributed by atoms with van der Waals surface area (Å²) in [6.07, 6.45) is 0.299. The highest BCUT2D eigenvalue weighted by Crippen LogP contribution is 2.22. The minimum absolute atomic E-state index is 0.0554. The van der Waals surface area contributed by atoms with Crippen molar-refractivity contribution in [3.63, 3.8) is 0 Å². The molecule has 1 aliphatic rings. The molecule has 2 amide bonds. The van der Waals surface area contributed by atoms with Crippen LogP contribution in [0.15, 0.2) is 59.5 Å². The topological polar surface area (TPSA) is 110 Å². The molecule has 1 N–H and O–H groups in total. The van der Waals surface area contributed by atoms with Crippen LogP contribution in [0.2, 0.25) is 0 Å². The summed E-state index contributed by atoms with van der Waals surface area (Å²) in [7, 11) is -3.05. The SMILES string of the molecule is COC(=O)c1ccc(S(=O)(=O)N2CC(=O)NCC(Cc3ccccc3)C2=O)cc1. The van der Waals surface area contributed by atoms with E-state index >= 15 is 0 Å². The maximum atomic E-state index is 13.1. The van der Waals surface area contributed by atoms with Gasteiger partial charge in [-0.2, -0.15) is 0 Å². The number of benzene rings is 2. The highest BCUT2D eigenvalue weighted by atomic mass is 32.2. The molecule has 0 radical (unpaired) electrons. The average molecular weight is 416 g/mol. The maximum absolute atomic E-state index is 13.1. The summed E-state index contributed by atoms with van der Waals surface area (Å²) in [6.45, 7) is -0.537. The van der Waals surface area contributed by atoms with Gasteiger partial charge in [-0.15, -0.1) is 0 Å². The first-order valence-electron chi connectivity index (χ1n) is 8.88. The lowest BCUT2D eigenvalue weighted by Gasteiger charge is -2.23. The minimum Gasteiger partial charge on any atom is -0.465 e. The Balaban J connectivity index is 1.90. The van der Waals surface area contributed by atoms with E-state index in [1.807, 2.05) is 30.3 Å². The first-order valence-corrected chi connectivity index (χ1v) is 10.3. The Morgan fingerprint density at radius 1 is 1.10 bits per heavy atom. The number of esters is 1. The van der Waals surface area contributed by atoms with Crippen LogP contribution in [0.1, 0.15) is 15.9 Å². The van der Waals surface area contributed by atoms with Crippen LogP contribution in [-0.4, -0.2) is 50.7 Å². The van der Waals surface area contributed by atoms with Gasteiger partial charge in [0.25, 0.3) is 10.0 Å². The number of carbonyl (C=O) groups excluding carboxylic acids is 3. The van der Waals surface area contributed by atoms with E-state index in [0.717, 1.165) is 5.56 Å². The molecule has 1 fully saturated rings. The number of amides is 2. The van der Waals surface area contributed by atoms with E-state index in [9.17, 15) is 22.8 Å². The monoisotopic (exact) mass is 416 g/mol. The van der Waals surface area contributed by atoms with Crippen molar-refractivity contribution in [2.24, 2.45) is 5.92 Å². The van der Waals surface area contributed by atoms with E-state index in [1.54, 1.807) is 0 Å². The van der Waals surface area contributed by atoms with Gasteiger partial charge in [0.2, 0.25) is 11.8 Å². The lowest BCUT2D eigenvalue weighted by Crippen LogP contribution is -2.42. The van der Waals surface area contributed by atoms with E-state index in [-0.39, 0.29) is 17.0 Å². The van der Waals surface area contributed by atoms with Crippen molar-refractivity contribution in [2.75, 3.05) is 20.2 Å². The molecule has 0 aromatic heterocycles. The molecule has 1 heterocycles. The van der Waals surface area contributed by atoms with Crippen LogP contribution in [0.5, 0.6) is 0 Å². The molecule has 0 bridgehead atoms. The second-order valence-electron chi connectivity index (χ2n) is 6.56. The molecule has 0 aliphatic carbocycles. The van der Waals surface area contributed by atoms with Gasteiger partial charge < -0.3 is 10.1 Å². The van der Waals surface area contributed by atoms with E-state index in [1.165, 1.54) is 31.4 Å². The Labute approximate surface area is 168 Å². The van der Waals surface area contributed by atoms with Crippen molar-refractivity contribution in [3.05, 3.63) is 65.7 Å². The Hall–Kier alpha value is -3.20. The predicted octanol–water partition coefficient (Wildman–Crippen LogP) is 0.979. The molecule has 1 saturated heterocycles. The molecule has 152 valence electrons. The number of hydrogen-bond acceptors (Lipinski definition) is 6. The number of carbonyl (C=O) groups is 3. The van der Waals surface area contributed by atoms with Gasteiger partial charge in [0.05, 0.1) is 23.5 Å². The highest BCUT2D eigenvalue weighted by molar-refractivity contribution is 7.89. The lowest BCUT2D eigenvalue weighted by atomic mass is 9.99. The number of rotatable bonds is 5. The van der Waals surface area contributed by atoms with Gasteiger partial charge in [0.1, 0.15) is 6.54 Å². The van der Waals surface area contributed by atoms with Crippen molar-refractivity contribution in [1.82, 2.24) is 9.62 Å². The van der Waals surface area contributed by atoms with Crippen LogP contribution in [0, 0.1) is 5.92 Å². The standard InChI is InChI=1S/C20H20N2O6S/c1-28-20(25)15-7-9-17(10-8-15)29(26,27)22-13-18(23)21-12-16(19(22)24)11-14-5-3-2-4-6-14/h2-10,16H,11-13H2,1H3,(H,21,23). The number of methoxy groups -OCH3 is 1. The molecular weight excluding hydrogens is 396 g/mol. The highest BCUT2D eigenvalue weighted by Gasteiger charge is 2.38. The third kappa shape index (κ3) is 4.45. The Kier molecular flexibility index (Phi) is 5.97. The fourth-order valence-corrected chi connectivity index (χ4v) is 4.47. The predicted molar refractivity (Wildman–Crippen MR) is 103 cm³/mol. The molecule has 29 heavy (non-hydrogen) atoms. The summed E-state index contributed by atoms with van der Waals surface area (Å²) >= 11 is 0. The van der Waals surface area contributed by atoms with Gasteiger partial charge >= 0.3 is 5.97 Å². The van der Waals surface area contributed by atoms with Crippen molar-refractivity contribution in [3.8, 4) is 0 Å². The van der Waals surface area contributed by atoms with Gasteiger partial charge in [-0.1, -0.05) is 30.3 Å². The van der Waals surface area contributed by atoms with Crippen LogP contribution in [0.3, 0.4) is 0 Å². The normalized spacial score (nSPS) is 17.4. The summed E-state index contributed by atoms with van der Waals surface area (Å²) in [4.78, 5) is 36.4. The summed E-state index contributed by atoms with van der Waals surface area (Å²) in [5.74, 6) is -2.53. The van der Waals surface area contributed by atoms with Crippen LogP contribution < -0.4 is 5.32 Å². The maximum Gasteiger partial charge on any atom is 0.337 e. The third-order valence-electron chi connectivity index (χ3n) is 4.62. The zero-order chi connectivity index (χ0) is 21.0. The summed E-state index contributed by atoms with van der Waals surface area (Å²) in [5, 5.41) is 2.60. The number of ether oxygens (including phenoxy) is 1. The minimum atomic E-state index is -4.27. The van der Waals surface area contributed by atoms with Crippen LogP contribution in [-0.2, 0) is 30.8 Å². The van der Waals surface area contributed by atoms with Crippen molar-refractivity contribution >= 4 is 27.8 Å². The van der Waals surface area contributed by atoms with Gasteiger partial charge in [-0.05, 0) is 36.2 Å². The number of nitrogens with zero attached hydrogens (tertiary/aromatic N) is 1. The van der Waals surface area contributed by atoms with Gasteiger partial charge in [-0.25, -0.2) is 17.5 Å². The average Bonchev–Trinajstić information content (AvgIpc) is 2.88. The Morgan fingerprint density at radius 3 is 2.38 bits per heavy atom. The molecule has 3 rings (SSSR count).